The molecule has 130 valence electrons. The summed E-state index contributed by atoms with van der Waals surface area (Å²) in [4.78, 5) is 4.81. The van der Waals surface area contributed by atoms with E-state index in [1.54, 1.807) is 0 Å². The van der Waals surface area contributed by atoms with Crippen molar-refractivity contribution < 1.29 is 5.11 Å². The van der Waals surface area contributed by atoms with Crippen molar-refractivity contribution in [2.24, 2.45) is 22.2 Å². The zero-order chi connectivity index (χ0) is 16.4. The van der Waals surface area contributed by atoms with E-state index in [1.165, 1.54) is 25.7 Å². The van der Waals surface area contributed by atoms with Crippen molar-refractivity contribution >= 4 is 5.96 Å². The predicted octanol–water partition coefficient (Wildman–Crippen LogP) is 3.17. The Morgan fingerprint density at radius 2 is 1.91 bits per heavy atom. The minimum atomic E-state index is 0.269. The smallest absolute Gasteiger partial charge is 0.191 e. The van der Waals surface area contributed by atoms with Crippen molar-refractivity contribution in [1.82, 2.24) is 10.6 Å². The molecule has 0 radical (unpaired) electrons. The summed E-state index contributed by atoms with van der Waals surface area (Å²) < 4.78 is 0. The molecule has 1 atom stereocenters. The maximum atomic E-state index is 9.23. The molecule has 4 heteroatoms. The van der Waals surface area contributed by atoms with Crippen molar-refractivity contribution in [2.45, 2.75) is 66.2 Å². The molecule has 1 saturated carbocycles. The zero-order valence-corrected chi connectivity index (χ0v) is 15.1. The standard InChI is InChI=1S/C18H37N3O/c1-5-19-17(21-14-18(4)9-6-7-10-18)20-13-16(8-11-22)12-15(2)3/h15-16,22H,5-14H2,1-4H3,(H2,19,20,21). The number of rotatable bonds is 9. The maximum absolute atomic E-state index is 9.23. The van der Waals surface area contributed by atoms with Crippen LogP contribution in [-0.4, -0.2) is 37.3 Å². The van der Waals surface area contributed by atoms with Crippen LogP contribution in [0.5, 0.6) is 0 Å². The number of aliphatic hydroxyl groups excluding tert-OH is 1. The van der Waals surface area contributed by atoms with Crippen molar-refractivity contribution in [3.05, 3.63) is 0 Å². The molecule has 4 nitrogen and oxygen atoms in total. The van der Waals surface area contributed by atoms with E-state index in [4.69, 9.17) is 4.99 Å². The Kier molecular flexibility index (Phi) is 8.84. The summed E-state index contributed by atoms with van der Waals surface area (Å²) in [5.41, 5.74) is 0.394. The first-order valence-electron chi connectivity index (χ1n) is 9.12. The van der Waals surface area contributed by atoms with Gasteiger partial charge in [0, 0.05) is 26.2 Å². The summed E-state index contributed by atoms with van der Waals surface area (Å²) in [5, 5.41) is 16.1. The first kappa shape index (κ1) is 19.3. The minimum Gasteiger partial charge on any atom is -0.396 e. The van der Waals surface area contributed by atoms with Crippen LogP contribution in [0.25, 0.3) is 0 Å². The summed E-state index contributed by atoms with van der Waals surface area (Å²) in [6.07, 6.45) is 7.31. The van der Waals surface area contributed by atoms with Crippen LogP contribution in [0, 0.1) is 17.3 Å². The van der Waals surface area contributed by atoms with E-state index in [1.807, 2.05) is 0 Å². The van der Waals surface area contributed by atoms with Gasteiger partial charge < -0.3 is 15.7 Å². The number of hydrogen-bond donors (Lipinski definition) is 3. The Labute approximate surface area is 137 Å². The van der Waals surface area contributed by atoms with Gasteiger partial charge in [0.1, 0.15) is 0 Å². The van der Waals surface area contributed by atoms with E-state index in [9.17, 15) is 5.11 Å². The molecule has 0 heterocycles. The number of nitrogens with zero attached hydrogens (tertiary/aromatic N) is 1. The SMILES string of the molecule is CCNC(=NCC1(C)CCCC1)NCC(CCO)CC(C)C. The monoisotopic (exact) mass is 311 g/mol. The first-order valence-corrected chi connectivity index (χ1v) is 9.12. The Bertz CT molecular complexity index is 322. The highest BCUT2D eigenvalue weighted by Gasteiger charge is 2.28. The molecule has 1 unspecified atom stereocenters. The quantitative estimate of drug-likeness (QED) is 0.453. The highest BCUT2D eigenvalue weighted by Crippen LogP contribution is 2.37. The van der Waals surface area contributed by atoms with Crippen LogP contribution in [-0.2, 0) is 0 Å². The van der Waals surface area contributed by atoms with Gasteiger partial charge in [-0.1, -0.05) is 33.6 Å². The van der Waals surface area contributed by atoms with Gasteiger partial charge >= 0.3 is 0 Å². The van der Waals surface area contributed by atoms with Gasteiger partial charge in [-0.3, -0.25) is 4.99 Å². The second kappa shape index (κ2) is 10.1. The molecule has 0 aromatic heterocycles. The van der Waals surface area contributed by atoms with Crippen molar-refractivity contribution in [1.29, 1.82) is 0 Å². The lowest BCUT2D eigenvalue weighted by Gasteiger charge is -2.23. The average Bonchev–Trinajstić information content (AvgIpc) is 2.88. The Morgan fingerprint density at radius 3 is 2.45 bits per heavy atom. The first-order chi connectivity index (χ1) is 10.5. The van der Waals surface area contributed by atoms with Gasteiger partial charge in [-0.25, -0.2) is 0 Å². The summed E-state index contributed by atoms with van der Waals surface area (Å²) >= 11 is 0. The molecule has 0 aromatic rings. The van der Waals surface area contributed by atoms with Gasteiger partial charge in [0.2, 0.25) is 0 Å². The summed E-state index contributed by atoms with van der Waals surface area (Å²) in [6, 6.07) is 0. The van der Waals surface area contributed by atoms with E-state index in [2.05, 4.69) is 38.3 Å². The molecule has 0 aliphatic heterocycles. The fourth-order valence-corrected chi connectivity index (χ4v) is 3.39. The van der Waals surface area contributed by atoms with Crippen LogP contribution >= 0.6 is 0 Å². The van der Waals surface area contributed by atoms with E-state index < -0.39 is 0 Å². The Hall–Kier alpha value is -0.770. The third-order valence-electron chi connectivity index (χ3n) is 4.67. The van der Waals surface area contributed by atoms with E-state index in [0.29, 0.717) is 17.3 Å². The third-order valence-corrected chi connectivity index (χ3v) is 4.67. The lowest BCUT2D eigenvalue weighted by atomic mass is 9.89. The molecular weight excluding hydrogens is 274 g/mol. The molecule has 0 bridgehead atoms. The van der Waals surface area contributed by atoms with E-state index in [0.717, 1.165) is 38.4 Å². The fourth-order valence-electron chi connectivity index (χ4n) is 3.39. The van der Waals surface area contributed by atoms with Crippen molar-refractivity contribution in [3.63, 3.8) is 0 Å². The molecular formula is C18H37N3O. The molecule has 1 fully saturated rings. The van der Waals surface area contributed by atoms with E-state index in [-0.39, 0.29) is 6.61 Å². The van der Waals surface area contributed by atoms with Crippen molar-refractivity contribution in [3.8, 4) is 0 Å². The molecule has 3 N–H and O–H groups in total. The minimum absolute atomic E-state index is 0.269. The normalized spacial score (nSPS) is 19.5. The fraction of sp³-hybridized carbons (Fsp3) is 0.944. The van der Waals surface area contributed by atoms with Crippen LogP contribution in [0.15, 0.2) is 4.99 Å². The largest absolute Gasteiger partial charge is 0.396 e. The van der Waals surface area contributed by atoms with Crippen LogP contribution in [0.1, 0.15) is 66.2 Å². The molecule has 1 aliphatic carbocycles. The zero-order valence-electron chi connectivity index (χ0n) is 15.1. The molecule has 0 saturated heterocycles. The summed E-state index contributed by atoms with van der Waals surface area (Å²) in [7, 11) is 0. The highest BCUT2D eigenvalue weighted by atomic mass is 16.3. The number of guanidine groups is 1. The predicted molar refractivity (Wildman–Crippen MR) is 95.2 cm³/mol. The third kappa shape index (κ3) is 7.48. The second-order valence-corrected chi connectivity index (χ2v) is 7.60. The summed E-state index contributed by atoms with van der Waals surface area (Å²) in [5.74, 6) is 2.11. The highest BCUT2D eigenvalue weighted by molar-refractivity contribution is 5.79. The van der Waals surface area contributed by atoms with Gasteiger partial charge in [-0.2, -0.15) is 0 Å². The van der Waals surface area contributed by atoms with Gasteiger partial charge in [-0.05, 0) is 49.9 Å². The van der Waals surface area contributed by atoms with Crippen molar-refractivity contribution in [2.75, 3.05) is 26.2 Å². The van der Waals surface area contributed by atoms with Crippen LogP contribution in [0.3, 0.4) is 0 Å². The van der Waals surface area contributed by atoms with Crippen LogP contribution in [0.2, 0.25) is 0 Å². The van der Waals surface area contributed by atoms with Gasteiger partial charge in [0.25, 0.3) is 0 Å². The molecule has 0 spiro atoms. The number of aliphatic hydroxyl groups is 1. The molecule has 22 heavy (non-hydrogen) atoms. The Balaban J connectivity index is 2.50. The molecule has 0 amide bonds. The van der Waals surface area contributed by atoms with Crippen LogP contribution < -0.4 is 10.6 Å². The lowest BCUT2D eigenvalue weighted by Crippen LogP contribution is -2.40. The average molecular weight is 312 g/mol. The van der Waals surface area contributed by atoms with Gasteiger partial charge in [0.15, 0.2) is 5.96 Å². The lowest BCUT2D eigenvalue weighted by molar-refractivity contribution is 0.242. The molecule has 1 rings (SSSR count). The summed E-state index contributed by atoms with van der Waals surface area (Å²) in [6.45, 7) is 11.9. The van der Waals surface area contributed by atoms with Gasteiger partial charge in [-0.15, -0.1) is 0 Å². The maximum Gasteiger partial charge on any atom is 0.191 e. The molecule has 1 aliphatic rings. The Morgan fingerprint density at radius 1 is 1.23 bits per heavy atom. The second-order valence-electron chi connectivity index (χ2n) is 7.60. The number of nitrogens with one attached hydrogen (secondary N) is 2. The number of aliphatic imine (C=N–C) groups is 1. The number of hydrogen-bond acceptors (Lipinski definition) is 2. The van der Waals surface area contributed by atoms with Gasteiger partial charge in [0.05, 0.1) is 0 Å². The van der Waals surface area contributed by atoms with Crippen LogP contribution in [0.4, 0.5) is 0 Å². The molecule has 0 aromatic carbocycles. The topological polar surface area (TPSA) is 56.7 Å². The van der Waals surface area contributed by atoms with E-state index >= 15 is 0 Å².